The molecule has 5 rings (SSSR count). The second-order valence-electron chi connectivity index (χ2n) is 9.87. The van der Waals surface area contributed by atoms with E-state index in [0.717, 1.165) is 31.4 Å². The van der Waals surface area contributed by atoms with E-state index in [-0.39, 0.29) is 61.0 Å². The predicted molar refractivity (Wildman–Crippen MR) is 140 cm³/mol. The number of anilines is 2. The third-order valence-electron chi connectivity index (χ3n) is 7.17. The number of rotatable bonds is 5. The summed E-state index contributed by atoms with van der Waals surface area (Å²) in [5, 5.41) is 4.35. The van der Waals surface area contributed by atoms with E-state index < -0.39 is 21.8 Å². The molecule has 1 amide bonds. The Labute approximate surface area is 228 Å². The fourth-order valence-electron chi connectivity index (χ4n) is 5.06. The lowest BCUT2D eigenvalue weighted by Crippen LogP contribution is -2.50. The summed E-state index contributed by atoms with van der Waals surface area (Å²) in [6.45, 7) is 1.79. The molecular formula is C24H29F3N8O4S. The number of amides is 1. The summed E-state index contributed by atoms with van der Waals surface area (Å²) in [6.07, 6.45) is 0.336. The quantitative estimate of drug-likeness (QED) is 0.476. The molecule has 5 heterocycles. The minimum atomic E-state index is -4.73. The van der Waals surface area contributed by atoms with Crippen LogP contribution in [0, 0.1) is 0 Å². The van der Waals surface area contributed by atoms with E-state index in [2.05, 4.69) is 15.1 Å². The summed E-state index contributed by atoms with van der Waals surface area (Å²) in [4.78, 5) is 25.2. The van der Waals surface area contributed by atoms with Crippen molar-refractivity contribution in [3.63, 3.8) is 0 Å². The Morgan fingerprint density at radius 3 is 2.52 bits per heavy atom. The molecule has 40 heavy (non-hydrogen) atoms. The number of hydrogen-bond donors (Lipinski definition) is 1. The Hall–Kier alpha value is -3.50. The van der Waals surface area contributed by atoms with Crippen molar-refractivity contribution in [3.8, 4) is 11.4 Å². The topological polar surface area (TPSA) is 139 Å². The maximum absolute atomic E-state index is 13.9. The summed E-state index contributed by atoms with van der Waals surface area (Å²) in [6, 6.07) is 2.35. The molecule has 216 valence electrons. The average molecular weight is 583 g/mol. The van der Waals surface area contributed by atoms with Crippen molar-refractivity contribution in [1.82, 2.24) is 28.8 Å². The number of nitrogens with two attached hydrogens (primary N) is 1. The molecule has 3 aromatic heterocycles. The maximum atomic E-state index is 13.9. The lowest BCUT2D eigenvalue weighted by molar-refractivity contribution is -0.137. The zero-order valence-electron chi connectivity index (χ0n) is 21.9. The number of nitrogens with zero attached hydrogens (tertiary/aromatic N) is 7. The highest BCUT2D eigenvalue weighted by Gasteiger charge is 2.36. The molecule has 2 N–H and O–H groups in total. The van der Waals surface area contributed by atoms with Crippen LogP contribution in [0.1, 0.15) is 28.8 Å². The number of piperidine rings is 1. The molecule has 2 aliphatic heterocycles. The zero-order valence-corrected chi connectivity index (χ0v) is 22.7. The Morgan fingerprint density at radius 1 is 1.15 bits per heavy atom. The number of alkyl halides is 3. The molecular weight excluding hydrogens is 553 g/mol. The van der Waals surface area contributed by atoms with Crippen LogP contribution >= 0.6 is 0 Å². The Bertz CT molecular complexity index is 1540. The van der Waals surface area contributed by atoms with E-state index in [1.165, 1.54) is 19.9 Å². The molecule has 1 unspecified atom stereocenters. The zero-order chi connectivity index (χ0) is 28.8. The van der Waals surface area contributed by atoms with Gasteiger partial charge >= 0.3 is 6.18 Å². The van der Waals surface area contributed by atoms with Crippen molar-refractivity contribution in [1.29, 1.82) is 0 Å². The second kappa shape index (κ2) is 10.5. The first-order chi connectivity index (χ1) is 18.8. The van der Waals surface area contributed by atoms with Crippen LogP contribution in [-0.4, -0.2) is 102 Å². The SMILES string of the molecule is COC1CCCN(c2nc(-c3cnc(N)cc3C(F)(F)F)nn3cc(C(=O)N4CCN(S(C)(=O)=O)CC4)cc23)C1. The highest BCUT2D eigenvalue weighted by atomic mass is 32.2. The van der Waals surface area contributed by atoms with Crippen molar-refractivity contribution in [2.45, 2.75) is 25.1 Å². The number of piperazine rings is 1. The number of aromatic nitrogens is 4. The van der Waals surface area contributed by atoms with Gasteiger partial charge in [0.15, 0.2) is 11.6 Å². The van der Waals surface area contributed by atoms with Gasteiger partial charge in [-0.1, -0.05) is 0 Å². The van der Waals surface area contributed by atoms with Crippen LogP contribution in [0.15, 0.2) is 24.5 Å². The van der Waals surface area contributed by atoms with Crippen LogP contribution in [0.3, 0.4) is 0 Å². The Morgan fingerprint density at radius 2 is 1.88 bits per heavy atom. The van der Waals surface area contributed by atoms with Crippen molar-refractivity contribution >= 4 is 33.1 Å². The number of hydrogen-bond acceptors (Lipinski definition) is 9. The van der Waals surface area contributed by atoms with Gasteiger partial charge in [0.25, 0.3) is 5.91 Å². The van der Waals surface area contributed by atoms with Crippen LogP contribution in [0.4, 0.5) is 24.8 Å². The number of methoxy groups -OCH3 is 1. The van der Waals surface area contributed by atoms with Crippen molar-refractivity contribution < 1.29 is 31.1 Å². The van der Waals surface area contributed by atoms with Crippen LogP contribution < -0.4 is 10.6 Å². The monoisotopic (exact) mass is 582 g/mol. The van der Waals surface area contributed by atoms with E-state index in [1.807, 2.05) is 4.90 Å². The predicted octanol–water partition coefficient (Wildman–Crippen LogP) is 1.72. The Kier molecular flexibility index (Phi) is 7.35. The van der Waals surface area contributed by atoms with Gasteiger partial charge in [-0.3, -0.25) is 4.79 Å². The lowest BCUT2D eigenvalue weighted by Gasteiger charge is -2.33. The highest BCUT2D eigenvalue weighted by Crippen LogP contribution is 2.37. The van der Waals surface area contributed by atoms with E-state index in [9.17, 15) is 26.4 Å². The van der Waals surface area contributed by atoms with Gasteiger partial charge in [-0.05, 0) is 25.0 Å². The lowest BCUT2D eigenvalue weighted by atomic mass is 10.1. The minimum absolute atomic E-state index is 0.0988. The molecule has 0 saturated carbocycles. The average Bonchev–Trinajstić information content (AvgIpc) is 3.35. The van der Waals surface area contributed by atoms with Gasteiger partial charge in [-0.2, -0.15) is 17.5 Å². The first-order valence-corrected chi connectivity index (χ1v) is 14.5. The molecule has 3 aromatic rings. The molecule has 2 fully saturated rings. The standard InChI is InChI=1S/C24H29F3N8O4S/c1-39-16-4-3-5-33(14-16)22-19-10-15(23(36)32-6-8-34(9-7-32)40(2,37)38)13-35(19)31-21(30-22)17-12-29-20(28)11-18(17)24(25,26)27/h10-13,16H,3-9,14H2,1-2H3,(H2,28,29). The summed E-state index contributed by atoms with van der Waals surface area (Å²) >= 11 is 0. The normalized spacial score (nSPS) is 19.4. The van der Waals surface area contributed by atoms with Crippen molar-refractivity contribution in [2.75, 3.05) is 63.3 Å². The summed E-state index contributed by atoms with van der Waals surface area (Å²) in [7, 11) is -1.77. The number of carbonyl (C=O) groups excluding carboxylic acids is 1. The third kappa shape index (κ3) is 5.55. The van der Waals surface area contributed by atoms with Gasteiger partial charge in [-0.15, -0.1) is 5.10 Å². The van der Waals surface area contributed by atoms with Crippen LogP contribution in [0.2, 0.25) is 0 Å². The van der Waals surface area contributed by atoms with Crippen LogP contribution in [0.25, 0.3) is 16.9 Å². The second-order valence-corrected chi connectivity index (χ2v) is 11.9. The molecule has 16 heteroatoms. The smallest absolute Gasteiger partial charge is 0.384 e. The number of carbonyl (C=O) groups is 1. The number of fused-ring (bicyclic) bond motifs is 1. The third-order valence-corrected chi connectivity index (χ3v) is 8.47. The number of ether oxygens (including phenoxy) is 1. The van der Waals surface area contributed by atoms with Gasteiger partial charge in [0, 0.05) is 58.8 Å². The first kappa shape index (κ1) is 28.0. The molecule has 0 aliphatic carbocycles. The van der Waals surface area contributed by atoms with Gasteiger partial charge in [0.1, 0.15) is 11.3 Å². The fraction of sp³-hybridized carbons (Fsp3) is 0.500. The van der Waals surface area contributed by atoms with E-state index >= 15 is 0 Å². The fourth-order valence-corrected chi connectivity index (χ4v) is 5.89. The summed E-state index contributed by atoms with van der Waals surface area (Å²) in [5.41, 5.74) is 4.88. The maximum Gasteiger partial charge on any atom is 0.417 e. The van der Waals surface area contributed by atoms with Gasteiger partial charge < -0.3 is 20.3 Å². The molecule has 2 aliphatic rings. The molecule has 2 saturated heterocycles. The molecule has 0 aromatic carbocycles. The van der Waals surface area contributed by atoms with Crippen LogP contribution in [0.5, 0.6) is 0 Å². The van der Waals surface area contributed by atoms with E-state index in [1.54, 1.807) is 13.2 Å². The van der Waals surface area contributed by atoms with Gasteiger partial charge in [-0.25, -0.2) is 22.9 Å². The summed E-state index contributed by atoms with van der Waals surface area (Å²) < 4.78 is 73.7. The molecule has 1 atom stereocenters. The van der Waals surface area contributed by atoms with Crippen molar-refractivity contribution in [3.05, 3.63) is 35.7 Å². The highest BCUT2D eigenvalue weighted by molar-refractivity contribution is 7.88. The van der Waals surface area contributed by atoms with Gasteiger partial charge in [0.2, 0.25) is 10.0 Å². The van der Waals surface area contributed by atoms with Crippen molar-refractivity contribution in [2.24, 2.45) is 0 Å². The van der Waals surface area contributed by atoms with E-state index in [0.29, 0.717) is 24.4 Å². The van der Waals surface area contributed by atoms with Crippen LogP contribution in [-0.2, 0) is 20.9 Å². The summed E-state index contributed by atoms with van der Waals surface area (Å²) in [5.74, 6) is -0.498. The van der Waals surface area contributed by atoms with Gasteiger partial charge in [0.05, 0.1) is 29.1 Å². The molecule has 0 radical (unpaired) electrons. The minimum Gasteiger partial charge on any atom is -0.384 e. The molecule has 12 nitrogen and oxygen atoms in total. The number of sulfonamides is 1. The number of nitrogen functional groups attached to an aromatic ring is 1. The largest absolute Gasteiger partial charge is 0.417 e. The molecule has 0 bridgehead atoms. The Balaban J connectivity index is 1.58. The number of halogens is 3. The number of pyridine rings is 1. The first-order valence-electron chi connectivity index (χ1n) is 12.6. The molecule has 0 spiro atoms. The van der Waals surface area contributed by atoms with E-state index in [4.69, 9.17) is 10.5 Å².